The van der Waals surface area contributed by atoms with Gasteiger partial charge in [0.05, 0.1) is 17.7 Å². The van der Waals surface area contributed by atoms with Crippen molar-refractivity contribution in [1.29, 1.82) is 0 Å². The van der Waals surface area contributed by atoms with Gasteiger partial charge < -0.3 is 15.5 Å². The van der Waals surface area contributed by atoms with Crippen molar-refractivity contribution in [3.05, 3.63) is 69.8 Å². The number of fused-ring (bicyclic) bond motifs is 1. The van der Waals surface area contributed by atoms with Gasteiger partial charge in [0.1, 0.15) is 0 Å². The number of hydrogen-bond acceptors (Lipinski definition) is 3. The van der Waals surface area contributed by atoms with Crippen LogP contribution in [0.1, 0.15) is 102 Å². The summed E-state index contributed by atoms with van der Waals surface area (Å²) in [7, 11) is 0. The van der Waals surface area contributed by atoms with Gasteiger partial charge in [0.2, 0.25) is 0 Å². The minimum Gasteiger partial charge on any atom is -0.393 e. The molecule has 214 valence electrons. The molecule has 0 heterocycles. The van der Waals surface area contributed by atoms with E-state index in [9.17, 15) is 15.0 Å². The highest BCUT2D eigenvalue weighted by Crippen LogP contribution is 2.60. The topological polar surface area (TPSA) is 69.6 Å². The quantitative estimate of drug-likeness (QED) is 0.285. The van der Waals surface area contributed by atoms with Gasteiger partial charge in [-0.05, 0) is 124 Å². The highest BCUT2D eigenvalue weighted by molar-refractivity contribution is 9.10. The second-order valence-electron chi connectivity index (χ2n) is 13.4. The lowest BCUT2D eigenvalue weighted by atomic mass is 9.60. The molecule has 6 atom stereocenters. The smallest absolute Gasteiger partial charge is 0.251 e. The largest absolute Gasteiger partial charge is 0.393 e. The second kappa shape index (κ2) is 12.4. The number of halogens is 1. The van der Waals surface area contributed by atoms with Crippen LogP contribution in [0.2, 0.25) is 0 Å². The van der Waals surface area contributed by atoms with E-state index in [-0.39, 0.29) is 11.9 Å². The SMILES string of the molecule is C=C1/C(=C\C=C2/CCC[C@]3(C)[C@@H]([C@H](C)CCCC(C)(C)O)CC[C@@H]23)C[C@@H](O)C[C@@H]1NC(=O)c1ccc(Br)cc1. The van der Waals surface area contributed by atoms with E-state index >= 15 is 0 Å². The Balaban J connectivity index is 1.44. The van der Waals surface area contributed by atoms with Gasteiger partial charge in [0.15, 0.2) is 0 Å². The summed E-state index contributed by atoms with van der Waals surface area (Å²) in [4.78, 5) is 12.9. The number of allylic oxidation sites excluding steroid dienone is 3. The van der Waals surface area contributed by atoms with Crippen LogP contribution in [-0.4, -0.2) is 33.9 Å². The first-order chi connectivity index (χ1) is 18.4. The molecule has 1 amide bonds. The van der Waals surface area contributed by atoms with Crippen molar-refractivity contribution in [2.24, 2.45) is 23.2 Å². The number of hydrogen-bond donors (Lipinski definition) is 3. The summed E-state index contributed by atoms with van der Waals surface area (Å²) in [6, 6.07) is 7.04. The monoisotopic (exact) mass is 597 g/mol. The Bertz CT molecular complexity index is 1100. The maximum atomic E-state index is 12.9. The summed E-state index contributed by atoms with van der Waals surface area (Å²) in [5.41, 5.74) is 3.86. The number of carbonyl (C=O) groups excluding carboxylic acids is 1. The first kappa shape index (κ1) is 30.3. The molecule has 0 aliphatic heterocycles. The number of aliphatic hydroxyl groups is 2. The van der Waals surface area contributed by atoms with E-state index in [2.05, 4.69) is 53.8 Å². The van der Waals surface area contributed by atoms with E-state index in [0.717, 1.165) is 40.8 Å². The van der Waals surface area contributed by atoms with Crippen molar-refractivity contribution in [3.63, 3.8) is 0 Å². The zero-order chi connectivity index (χ0) is 28.4. The van der Waals surface area contributed by atoms with Crippen molar-refractivity contribution in [1.82, 2.24) is 5.32 Å². The van der Waals surface area contributed by atoms with Crippen molar-refractivity contribution in [3.8, 4) is 0 Å². The Morgan fingerprint density at radius 1 is 1.26 bits per heavy atom. The molecule has 3 aliphatic rings. The van der Waals surface area contributed by atoms with Crippen LogP contribution in [0.25, 0.3) is 0 Å². The molecule has 3 aliphatic carbocycles. The highest BCUT2D eigenvalue weighted by Gasteiger charge is 2.50. The molecule has 4 rings (SSSR count). The molecule has 0 spiro atoms. The minimum absolute atomic E-state index is 0.142. The fraction of sp³-hybridized carbons (Fsp3) is 0.618. The third-order valence-corrected chi connectivity index (χ3v) is 10.4. The second-order valence-corrected chi connectivity index (χ2v) is 14.3. The average Bonchev–Trinajstić information content (AvgIpc) is 3.22. The fourth-order valence-corrected chi connectivity index (χ4v) is 8.01. The van der Waals surface area contributed by atoms with Crippen molar-refractivity contribution >= 4 is 21.8 Å². The lowest BCUT2D eigenvalue weighted by molar-refractivity contribution is 0.0596. The molecule has 3 N–H and O–H groups in total. The summed E-state index contributed by atoms with van der Waals surface area (Å²) in [5, 5.41) is 23.9. The molecule has 39 heavy (non-hydrogen) atoms. The normalized spacial score (nSPS) is 32.3. The lowest BCUT2D eigenvalue weighted by Crippen LogP contribution is -2.41. The first-order valence-electron chi connectivity index (χ1n) is 14.9. The number of nitrogens with one attached hydrogen (secondary N) is 1. The summed E-state index contributed by atoms with van der Waals surface area (Å²) in [5.74, 6) is 1.87. The Hall–Kier alpha value is -1.69. The molecule has 3 fully saturated rings. The molecule has 1 aromatic rings. The van der Waals surface area contributed by atoms with Crippen LogP contribution in [0.3, 0.4) is 0 Å². The van der Waals surface area contributed by atoms with Gasteiger partial charge in [-0.1, -0.05) is 66.9 Å². The predicted molar refractivity (Wildman–Crippen MR) is 163 cm³/mol. The zero-order valence-electron chi connectivity index (χ0n) is 24.3. The van der Waals surface area contributed by atoms with Crippen LogP contribution in [-0.2, 0) is 0 Å². The fourth-order valence-electron chi connectivity index (χ4n) is 7.75. The van der Waals surface area contributed by atoms with Crippen LogP contribution in [0.4, 0.5) is 0 Å². The Kier molecular flexibility index (Phi) is 9.66. The van der Waals surface area contributed by atoms with E-state index in [4.69, 9.17) is 0 Å². The van der Waals surface area contributed by atoms with Crippen LogP contribution < -0.4 is 5.32 Å². The number of rotatable bonds is 8. The molecule has 4 nitrogen and oxygen atoms in total. The van der Waals surface area contributed by atoms with E-state index < -0.39 is 11.7 Å². The van der Waals surface area contributed by atoms with Crippen molar-refractivity contribution < 1.29 is 15.0 Å². The molecule has 0 bridgehead atoms. The molecule has 3 saturated carbocycles. The Morgan fingerprint density at radius 2 is 1.97 bits per heavy atom. The van der Waals surface area contributed by atoms with Crippen LogP contribution in [0.5, 0.6) is 0 Å². The van der Waals surface area contributed by atoms with Crippen LogP contribution >= 0.6 is 15.9 Å². The average molecular weight is 599 g/mol. The van der Waals surface area contributed by atoms with Gasteiger partial charge in [-0.2, -0.15) is 0 Å². The first-order valence-corrected chi connectivity index (χ1v) is 15.7. The highest BCUT2D eigenvalue weighted by atomic mass is 79.9. The molecular weight excluding hydrogens is 550 g/mol. The third kappa shape index (κ3) is 7.34. The molecule has 0 aromatic heterocycles. The summed E-state index contributed by atoms with van der Waals surface area (Å²) in [6.07, 6.45) is 14.4. The molecule has 0 unspecified atom stereocenters. The van der Waals surface area contributed by atoms with Gasteiger partial charge in [0.25, 0.3) is 5.91 Å². The van der Waals surface area contributed by atoms with Gasteiger partial charge >= 0.3 is 0 Å². The zero-order valence-corrected chi connectivity index (χ0v) is 25.9. The van der Waals surface area contributed by atoms with E-state index in [1.807, 2.05) is 26.0 Å². The minimum atomic E-state index is -0.576. The van der Waals surface area contributed by atoms with E-state index in [1.54, 1.807) is 17.7 Å². The Morgan fingerprint density at radius 3 is 2.67 bits per heavy atom. The number of benzene rings is 1. The van der Waals surface area contributed by atoms with Crippen LogP contribution in [0, 0.1) is 23.2 Å². The Labute approximate surface area is 244 Å². The van der Waals surface area contributed by atoms with Gasteiger partial charge in [-0.15, -0.1) is 0 Å². The lowest BCUT2D eigenvalue weighted by Gasteiger charge is -2.44. The number of aliphatic hydroxyl groups excluding tert-OH is 1. The maximum Gasteiger partial charge on any atom is 0.251 e. The molecule has 0 saturated heterocycles. The summed E-state index contributed by atoms with van der Waals surface area (Å²) in [6.45, 7) is 13.1. The third-order valence-electron chi connectivity index (χ3n) is 9.88. The summed E-state index contributed by atoms with van der Waals surface area (Å²) < 4.78 is 0.933. The predicted octanol–water partition coefficient (Wildman–Crippen LogP) is 7.90. The molecule has 5 heteroatoms. The van der Waals surface area contributed by atoms with E-state index in [0.29, 0.717) is 35.7 Å². The number of amides is 1. The van der Waals surface area contributed by atoms with Crippen molar-refractivity contribution in [2.45, 2.75) is 110 Å². The molecule has 1 aromatic carbocycles. The molecule has 0 radical (unpaired) electrons. The maximum absolute atomic E-state index is 12.9. The van der Waals surface area contributed by atoms with Crippen molar-refractivity contribution in [2.75, 3.05) is 0 Å². The van der Waals surface area contributed by atoms with Gasteiger partial charge in [-0.3, -0.25) is 4.79 Å². The standard InChI is InChI=1S/C34H48BrNO3/c1-22(8-6-18-33(3,4)39)29-16-17-30-24(9-7-19-34(29,30)5)10-11-26-20-28(37)21-31(23(26)2)36-32(38)25-12-14-27(35)15-13-25/h10-15,22,28-31,37,39H,2,6-9,16-21H2,1,3-5H3,(H,36,38)/b24-10+,26-11-/t22-,28-,29-,30+,31+,34-/m1/s1. The summed E-state index contributed by atoms with van der Waals surface area (Å²) >= 11 is 3.41. The number of carbonyl (C=O) groups is 1. The van der Waals surface area contributed by atoms with Gasteiger partial charge in [0, 0.05) is 10.0 Å². The van der Waals surface area contributed by atoms with E-state index in [1.165, 1.54) is 32.1 Å². The van der Waals surface area contributed by atoms with Crippen LogP contribution in [0.15, 0.2) is 64.2 Å². The molecular formula is C34H48BrNO3. The van der Waals surface area contributed by atoms with Gasteiger partial charge in [-0.25, -0.2) is 0 Å².